The van der Waals surface area contributed by atoms with Gasteiger partial charge >= 0.3 is 12.3 Å². The Balaban J connectivity index is 1.15. The molecule has 24 heteroatoms. The number of sulfonamides is 1. The molecule has 1 aliphatic heterocycles. The van der Waals surface area contributed by atoms with Crippen LogP contribution in [0.3, 0.4) is 0 Å². The van der Waals surface area contributed by atoms with Gasteiger partial charge in [-0.15, -0.1) is 0 Å². The summed E-state index contributed by atoms with van der Waals surface area (Å²) in [5, 5.41) is 14.6. The van der Waals surface area contributed by atoms with E-state index in [1.807, 2.05) is 11.8 Å². The highest BCUT2D eigenvalue weighted by atomic mass is 32.2. The molecule has 0 radical (unpaired) electrons. The maximum Gasteiger partial charge on any atom is 0.435 e. The van der Waals surface area contributed by atoms with Crippen LogP contribution in [0.2, 0.25) is 0 Å². The molecule has 3 aliphatic rings. The molecule has 15 nitrogen and oxygen atoms in total. The minimum absolute atomic E-state index is 0.000999. The van der Waals surface area contributed by atoms with Crippen LogP contribution in [0.5, 0.6) is 0 Å². The van der Waals surface area contributed by atoms with Crippen LogP contribution in [0, 0.1) is 17.6 Å². The number of fused-ring (bicyclic) bond motifs is 5. The molecule has 6 aromatic rings. The first-order chi connectivity index (χ1) is 32.2. The SMILES string of the molecule is Cn1nc(NS(C)(=O)=O)c2cccc(-c3cc4sc(N5CCC(C)(NC(=O)OC(C)(C)C)CC5)nc4nc3C(Cc3cc(F)cc(F)c3)NC(=O)Cn3nc(C(F)(F)F)c4c3C(F)(F)[C@@H]3CC[C@H]43)c21. The fourth-order valence-corrected chi connectivity index (χ4v) is 11.2. The maximum atomic E-state index is 15.8. The first kappa shape index (κ1) is 48.0. The van der Waals surface area contributed by atoms with Crippen molar-refractivity contribution in [1.29, 1.82) is 0 Å². The van der Waals surface area contributed by atoms with Crippen molar-refractivity contribution in [2.45, 2.75) is 102 Å². The second-order valence-electron chi connectivity index (χ2n) is 19.2. The number of nitrogens with zero attached hydrogens (tertiary/aromatic N) is 7. The summed E-state index contributed by atoms with van der Waals surface area (Å²) in [4.78, 5) is 38.8. The molecule has 2 aromatic carbocycles. The molecule has 368 valence electrons. The lowest BCUT2D eigenvalue weighted by Crippen LogP contribution is -2.54. The number of rotatable bonds is 11. The molecule has 9 rings (SSSR count). The molecular weight excluding hydrogens is 958 g/mol. The Labute approximate surface area is 394 Å². The number of ether oxygens (including phenoxy) is 1. The van der Waals surface area contributed by atoms with Crippen LogP contribution >= 0.6 is 11.3 Å². The summed E-state index contributed by atoms with van der Waals surface area (Å²) in [6.07, 6.45) is -3.90. The van der Waals surface area contributed by atoms with E-state index in [2.05, 4.69) is 25.6 Å². The standard InChI is InChI=1S/C45H47F7N10O5S2/c1-42(2,3)67-41(64)56-43(4)12-14-61(15-13-43)40-55-39-31(68-40)20-28(25-8-7-9-27-35(25)60(5)58-38(27)59-69(6,65)66)34(54-39)30(18-22-16-23(46)19-24(47)17-22)53-32(63)21-62-37-33(36(57-62)45(50,51)52)26-10-11-29(26)44(37,48)49/h7-9,16-17,19-20,26,29-30H,10-15,18,21H2,1-6H3,(H,53,63)(H,56,64)(H,58,59)/t26-,29+,30?/m0/s1. The Bertz CT molecular complexity index is 3140. The van der Waals surface area contributed by atoms with Crippen molar-refractivity contribution < 1.29 is 53.5 Å². The predicted molar refractivity (Wildman–Crippen MR) is 242 cm³/mol. The largest absolute Gasteiger partial charge is 0.444 e. The third-order valence-electron chi connectivity index (χ3n) is 12.8. The number of alkyl halides is 5. The number of aryl methyl sites for hydroxylation is 1. The number of alkyl carbamates (subject to hydrolysis) is 1. The Kier molecular flexibility index (Phi) is 11.7. The molecule has 69 heavy (non-hydrogen) atoms. The quantitative estimate of drug-likeness (QED) is 0.106. The Hall–Kier alpha value is -6.04. The number of amides is 2. The molecule has 2 fully saturated rings. The highest BCUT2D eigenvalue weighted by Crippen LogP contribution is 2.64. The number of halogens is 7. The second-order valence-corrected chi connectivity index (χ2v) is 22.0. The van der Waals surface area contributed by atoms with E-state index in [4.69, 9.17) is 14.7 Å². The number of carbonyl (C=O) groups is 2. The van der Waals surface area contributed by atoms with Crippen molar-refractivity contribution in [3.05, 3.63) is 82.3 Å². The Morgan fingerprint density at radius 3 is 2.30 bits per heavy atom. The van der Waals surface area contributed by atoms with Crippen LogP contribution in [0.15, 0.2) is 42.5 Å². The number of hydrogen-bond donors (Lipinski definition) is 3. The van der Waals surface area contributed by atoms with Gasteiger partial charge in [0.05, 0.1) is 28.2 Å². The third-order valence-corrected chi connectivity index (χ3v) is 14.4. The first-order valence-electron chi connectivity index (χ1n) is 22.0. The summed E-state index contributed by atoms with van der Waals surface area (Å²) in [7, 11) is -2.24. The van der Waals surface area contributed by atoms with E-state index < -0.39 is 98.3 Å². The highest BCUT2D eigenvalue weighted by molar-refractivity contribution is 7.92. The number of anilines is 2. The number of carbonyl (C=O) groups excluding carboxylic acids is 2. The number of aromatic nitrogens is 6. The van der Waals surface area contributed by atoms with E-state index in [9.17, 15) is 40.0 Å². The molecular formula is C45H47F7N10O5S2. The fraction of sp³-hybridized carbons (Fsp3) is 0.467. The molecule has 0 spiro atoms. The van der Waals surface area contributed by atoms with E-state index in [1.54, 1.807) is 52.1 Å². The third kappa shape index (κ3) is 9.40. The van der Waals surface area contributed by atoms with Crippen LogP contribution in [0.1, 0.15) is 93.5 Å². The predicted octanol–water partition coefficient (Wildman–Crippen LogP) is 8.69. The van der Waals surface area contributed by atoms with E-state index in [0.717, 1.165) is 18.4 Å². The van der Waals surface area contributed by atoms with Crippen molar-refractivity contribution in [2.24, 2.45) is 13.0 Å². The fourth-order valence-electron chi connectivity index (χ4n) is 9.67. The Morgan fingerprint density at radius 1 is 0.986 bits per heavy atom. The van der Waals surface area contributed by atoms with E-state index >= 15 is 8.78 Å². The minimum Gasteiger partial charge on any atom is -0.444 e. The van der Waals surface area contributed by atoms with Gasteiger partial charge in [0, 0.05) is 59.7 Å². The van der Waals surface area contributed by atoms with E-state index in [0.29, 0.717) is 68.5 Å². The molecule has 2 aliphatic carbocycles. The van der Waals surface area contributed by atoms with Crippen LogP contribution in [0.25, 0.3) is 32.4 Å². The number of para-hydroxylation sites is 1. The lowest BCUT2D eigenvalue weighted by atomic mass is 9.73. The van der Waals surface area contributed by atoms with Gasteiger partial charge in [0.15, 0.2) is 22.3 Å². The molecule has 3 atom stereocenters. The lowest BCUT2D eigenvalue weighted by molar-refractivity contribution is -0.144. The highest BCUT2D eigenvalue weighted by Gasteiger charge is 2.63. The van der Waals surface area contributed by atoms with E-state index in [1.165, 1.54) is 16.0 Å². The smallest absolute Gasteiger partial charge is 0.435 e. The average molecular weight is 1010 g/mol. The number of nitrogens with one attached hydrogen (secondary N) is 3. The van der Waals surface area contributed by atoms with Crippen LogP contribution in [-0.2, 0) is 51.7 Å². The van der Waals surface area contributed by atoms with Gasteiger partial charge < -0.3 is 20.3 Å². The van der Waals surface area contributed by atoms with Crippen molar-refractivity contribution in [3.63, 3.8) is 0 Å². The summed E-state index contributed by atoms with van der Waals surface area (Å²) in [5.74, 6) is -9.11. The number of thiazole rings is 1. The number of pyridine rings is 1. The monoisotopic (exact) mass is 1000 g/mol. The van der Waals surface area contributed by atoms with Crippen LogP contribution in [0.4, 0.5) is 46.5 Å². The maximum absolute atomic E-state index is 15.8. The summed E-state index contributed by atoms with van der Waals surface area (Å²) in [5.41, 5.74) is -2.98. The summed E-state index contributed by atoms with van der Waals surface area (Å²) in [6, 6.07) is 8.03. The summed E-state index contributed by atoms with van der Waals surface area (Å²) >= 11 is 1.29. The first-order valence-corrected chi connectivity index (χ1v) is 24.7. The van der Waals surface area contributed by atoms with Crippen LogP contribution in [-0.4, -0.2) is 80.4 Å². The molecule has 0 bridgehead atoms. The molecule has 4 aromatic heterocycles. The summed E-state index contributed by atoms with van der Waals surface area (Å²) in [6.45, 7) is 7.09. The normalized spacial score (nSPS) is 19.2. The van der Waals surface area contributed by atoms with Gasteiger partial charge in [0.2, 0.25) is 15.9 Å². The van der Waals surface area contributed by atoms with Crippen molar-refractivity contribution in [3.8, 4) is 11.1 Å². The molecule has 1 unspecified atom stereocenters. The topological polar surface area (TPSA) is 178 Å². The van der Waals surface area contributed by atoms with Gasteiger partial charge in [-0.05, 0) is 95.5 Å². The summed E-state index contributed by atoms with van der Waals surface area (Å²) < 4.78 is 139. The molecule has 3 N–H and O–H groups in total. The number of hydrogen-bond acceptors (Lipinski definition) is 11. The number of benzene rings is 2. The van der Waals surface area contributed by atoms with Gasteiger partial charge in [0.25, 0.3) is 5.92 Å². The minimum atomic E-state index is -5.09. The van der Waals surface area contributed by atoms with Gasteiger partial charge in [0.1, 0.15) is 29.5 Å². The lowest BCUT2D eigenvalue weighted by Gasteiger charge is -2.40. The molecule has 5 heterocycles. The zero-order chi connectivity index (χ0) is 49.7. The van der Waals surface area contributed by atoms with Crippen molar-refractivity contribution in [1.82, 2.24) is 40.2 Å². The zero-order valence-corrected chi connectivity index (χ0v) is 39.7. The molecule has 2 amide bonds. The van der Waals surface area contributed by atoms with Gasteiger partial charge in [-0.3, -0.25) is 18.9 Å². The van der Waals surface area contributed by atoms with Crippen molar-refractivity contribution >= 4 is 65.6 Å². The molecule has 1 saturated heterocycles. The zero-order valence-electron chi connectivity index (χ0n) is 38.1. The van der Waals surface area contributed by atoms with Gasteiger partial charge in [-0.1, -0.05) is 23.5 Å². The average Bonchev–Trinajstić information content (AvgIpc) is 3.91. The van der Waals surface area contributed by atoms with Crippen LogP contribution < -0.4 is 20.3 Å². The second kappa shape index (κ2) is 16.8. The van der Waals surface area contributed by atoms with Crippen molar-refractivity contribution in [2.75, 3.05) is 29.0 Å². The van der Waals surface area contributed by atoms with E-state index in [-0.39, 0.29) is 42.0 Å². The Morgan fingerprint density at radius 2 is 1.68 bits per heavy atom. The molecule has 1 saturated carbocycles. The number of piperidine rings is 1. The van der Waals surface area contributed by atoms with Gasteiger partial charge in [-0.25, -0.2) is 27.0 Å². The van der Waals surface area contributed by atoms with Gasteiger partial charge in [-0.2, -0.15) is 37.1 Å².